The molecule has 0 fully saturated rings. The first-order valence-corrected chi connectivity index (χ1v) is 10.2. The van der Waals surface area contributed by atoms with Crippen molar-refractivity contribution in [3.05, 3.63) is 71.3 Å². The first-order chi connectivity index (χ1) is 16.0. The van der Waals surface area contributed by atoms with Crippen LogP contribution in [0.15, 0.2) is 54.6 Å². The molecule has 0 heterocycles. The fourth-order valence-electron chi connectivity index (χ4n) is 3.17. The third-order valence-corrected chi connectivity index (χ3v) is 4.85. The average molecular weight is 450 g/mol. The fourth-order valence-corrected chi connectivity index (χ4v) is 3.17. The number of amides is 1. The van der Waals surface area contributed by atoms with Crippen molar-refractivity contribution in [2.45, 2.75) is 6.92 Å². The van der Waals surface area contributed by atoms with Crippen molar-refractivity contribution in [3.63, 3.8) is 0 Å². The maximum absolute atomic E-state index is 12.4. The first-order valence-electron chi connectivity index (χ1n) is 10.2. The Bertz CT molecular complexity index is 1110. The number of rotatable bonds is 8. The van der Waals surface area contributed by atoms with Crippen molar-refractivity contribution in [2.75, 3.05) is 33.8 Å². The highest BCUT2D eigenvalue weighted by molar-refractivity contribution is 5.89. The maximum Gasteiger partial charge on any atom is 0.417 e. The predicted octanol–water partition coefficient (Wildman–Crippen LogP) is 5.81. The van der Waals surface area contributed by atoms with Crippen LogP contribution in [-0.2, 0) is 0 Å². The monoisotopic (exact) mass is 449 g/mol. The molecular formula is C26H27NO6. The summed E-state index contributed by atoms with van der Waals surface area (Å²) < 4.78 is 26.9. The third-order valence-electron chi connectivity index (χ3n) is 4.85. The molecule has 1 amide bonds. The van der Waals surface area contributed by atoms with E-state index >= 15 is 0 Å². The molecule has 0 aromatic heterocycles. The molecule has 0 saturated heterocycles. The molecule has 7 heteroatoms. The number of hydrogen-bond acceptors (Lipinski definition) is 6. The minimum absolute atomic E-state index is 0.454. The zero-order valence-corrected chi connectivity index (χ0v) is 19.3. The number of aryl methyl sites for hydroxylation is 1. The SMILES string of the molecule is COc1ccc(/C=C\c2cc(OC)c(OC)c(OC)c2)cc1NC(=O)Oc1ccc(C)cc1. The standard InChI is InChI=1S/C26H27NO6/c1-17-6-11-20(12-7-17)33-26(28)27-21-14-18(10-13-22(21)29-2)8-9-19-15-23(30-3)25(32-5)24(16-19)31-4/h6-16H,1-5H3,(H,27,28)/b9-8-. The van der Waals surface area contributed by atoms with Crippen LogP contribution in [0.25, 0.3) is 12.2 Å². The lowest BCUT2D eigenvalue weighted by Crippen LogP contribution is -2.17. The predicted molar refractivity (Wildman–Crippen MR) is 129 cm³/mol. The molecule has 0 spiro atoms. The molecule has 0 saturated carbocycles. The lowest BCUT2D eigenvalue weighted by Gasteiger charge is -2.13. The van der Waals surface area contributed by atoms with Crippen LogP contribution in [0.2, 0.25) is 0 Å². The minimum atomic E-state index is -0.608. The van der Waals surface area contributed by atoms with E-state index in [1.807, 2.05) is 49.4 Å². The van der Waals surface area contributed by atoms with Gasteiger partial charge < -0.3 is 23.7 Å². The van der Waals surface area contributed by atoms with Crippen LogP contribution in [0.4, 0.5) is 10.5 Å². The fraction of sp³-hybridized carbons (Fsp3) is 0.192. The van der Waals surface area contributed by atoms with E-state index in [4.69, 9.17) is 23.7 Å². The molecule has 3 rings (SSSR count). The van der Waals surface area contributed by atoms with Gasteiger partial charge in [-0.3, -0.25) is 5.32 Å². The van der Waals surface area contributed by atoms with Crippen LogP contribution in [0.5, 0.6) is 28.7 Å². The lowest BCUT2D eigenvalue weighted by molar-refractivity contribution is 0.215. The summed E-state index contributed by atoms with van der Waals surface area (Å²) in [6, 6.07) is 16.4. The van der Waals surface area contributed by atoms with Crippen LogP contribution >= 0.6 is 0 Å². The van der Waals surface area contributed by atoms with E-state index in [2.05, 4.69) is 5.32 Å². The summed E-state index contributed by atoms with van der Waals surface area (Å²) in [5.41, 5.74) is 3.27. The van der Waals surface area contributed by atoms with Gasteiger partial charge in [-0.15, -0.1) is 0 Å². The molecule has 0 bridgehead atoms. The van der Waals surface area contributed by atoms with Crippen LogP contribution in [0.3, 0.4) is 0 Å². The van der Waals surface area contributed by atoms with Crippen molar-refractivity contribution < 1.29 is 28.5 Å². The van der Waals surface area contributed by atoms with Gasteiger partial charge in [0.05, 0.1) is 34.1 Å². The summed E-state index contributed by atoms with van der Waals surface area (Å²) in [4.78, 5) is 12.4. The molecule has 0 aliphatic carbocycles. The minimum Gasteiger partial charge on any atom is -0.495 e. The van der Waals surface area contributed by atoms with Crippen molar-refractivity contribution in [3.8, 4) is 28.7 Å². The number of methoxy groups -OCH3 is 4. The molecule has 0 aliphatic heterocycles. The second kappa shape index (κ2) is 10.9. The second-order valence-corrected chi connectivity index (χ2v) is 7.08. The highest BCUT2D eigenvalue weighted by Gasteiger charge is 2.13. The van der Waals surface area contributed by atoms with Gasteiger partial charge in [0.25, 0.3) is 0 Å². The highest BCUT2D eigenvalue weighted by Crippen LogP contribution is 2.38. The van der Waals surface area contributed by atoms with E-state index in [1.165, 1.54) is 7.11 Å². The molecule has 7 nitrogen and oxygen atoms in total. The van der Waals surface area contributed by atoms with Crippen molar-refractivity contribution in [1.29, 1.82) is 0 Å². The summed E-state index contributed by atoms with van der Waals surface area (Å²) in [6.45, 7) is 1.96. The zero-order chi connectivity index (χ0) is 23.8. The second-order valence-electron chi connectivity index (χ2n) is 7.08. The van der Waals surface area contributed by atoms with Gasteiger partial charge in [-0.1, -0.05) is 35.9 Å². The Labute approximate surface area is 193 Å². The van der Waals surface area contributed by atoms with Crippen LogP contribution in [0, 0.1) is 6.92 Å². The molecule has 0 unspecified atom stereocenters. The number of benzene rings is 3. The molecular weight excluding hydrogens is 422 g/mol. The number of anilines is 1. The summed E-state index contributed by atoms with van der Waals surface area (Å²) >= 11 is 0. The molecule has 3 aromatic carbocycles. The topological polar surface area (TPSA) is 75.3 Å². The van der Waals surface area contributed by atoms with E-state index < -0.39 is 6.09 Å². The van der Waals surface area contributed by atoms with Gasteiger partial charge in [0.15, 0.2) is 11.5 Å². The van der Waals surface area contributed by atoms with Crippen molar-refractivity contribution in [1.82, 2.24) is 0 Å². The van der Waals surface area contributed by atoms with Gasteiger partial charge in [0, 0.05) is 0 Å². The first kappa shape index (κ1) is 23.5. The van der Waals surface area contributed by atoms with Gasteiger partial charge >= 0.3 is 6.09 Å². The highest BCUT2D eigenvalue weighted by atomic mass is 16.6. The molecule has 33 heavy (non-hydrogen) atoms. The number of carbonyl (C=O) groups is 1. The summed E-state index contributed by atoms with van der Waals surface area (Å²) in [6.07, 6.45) is 3.19. The summed E-state index contributed by atoms with van der Waals surface area (Å²) in [5, 5.41) is 2.74. The largest absolute Gasteiger partial charge is 0.495 e. The number of nitrogens with one attached hydrogen (secondary N) is 1. The summed E-state index contributed by atoms with van der Waals surface area (Å²) in [5.74, 6) is 2.62. The average Bonchev–Trinajstić information content (AvgIpc) is 2.83. The zero-order valence-electron chi connectivity index (χ0n) is 19.3. The lowest BCUT2D eigenvalue weighted by atomic mass is 10.1. The van der Waals surface area contributed by atoms with E-state index in [0.717, 1.165) is 16.7 Å². The van der Waals surface area contributed by atoms with E-state index in [0.29, 0.717) is 34.4 Å². The summed E-state index contributed by atoms with van der Waals surface area (Å²) in [7, 11) is 6.24. The van der Waals surface area contributed by atoms with E-state index in [-0.39, 0.29) is 0 Å². The van der Waals surface area contributed by atoms with Gasteiger partial charge in [-0.25, -0.2) is 4.79 Å². The van der Waals surface area contributed by atoms with Crippen molar-refractivity contribution in [2.24, 2.45) is 0 Å². The normalized spacial score (nSPS) is 10.6. The van der Waals surface area contributed by atoms with Gasteiger partial charge in [-0.05, 0) is 54.4 Å². The van der Waals surface area contributed by atoms with Crippen LogP contribution in [0.1, 0.15) is 16.7 Å². The van der Waals surface area contributed by atoms with Gasteiger partial charge in [0.2, 0.25) is 5.75 Å². The Morgan fingerprint density at radius 1 is 0.727 bits per heavy atom. The number of hydrogen-bond donors (Lipinski definition) is 1. The Balaban J connectivity index is 1.81. The van der Waals surface area contributed by atoms with Gasteiger partial charge in [0.1, 0.15) is 11.5 Å². The Kier molecular flexibility index (Phi) is 7.81. The Morgan fingerprint density at radius 3 is 1.91 bits per heavy atom. The molecule has 0 atom stereocenters. The molecule has 172 valence electrons. The molecule has 1 N–H and O–H groups in total. The Morgan fingerprint density at radius 2 is 1.33 bits per heavy atom. The molecule has 3 aromatic rings. The number of carbonyl (C=O) groups excluding carboxylic acids is 1. The van der Waals surface area contributed by atoms with E-state index in [9.17, 15) is 4.79 Å². The quantitative estimate of drug-likeness (QED) is 0.438. The third kappa shape index (κ3) is 5.98. The van der Waals surface area contributed by atoms with Crippen LogP contribution in [-0.4, -0.2) is 34.5 Å². The van der Waals surface area contributed by atoms with Crippen molar-refractivity contribution >= 4 is 23.9 Å². The van der Waals surface area contributed by atoms with E-state index in [1.54, 1.807) is 45.6 Å². The van der Waals surface area contributed by atoms with Gasteiger partial charge in [-0.2, -0.15) is 0 Å². The molecule has 0 aliphatic rings. The molecule has 0 radical (unpaired) electrons. The smallest absolute Gasteiger partial charge is 0.417 e. The maximum atomic E-state index is 12.4. The van der Waals surface area contributed by atoms with Crippen LogP contribution < -0.4 is 29.0 Å². The number of ether oxygens (including phenoxy) is 5. The Hall–Kier alpha value is -4.13.